The van der Waals surface area contributed by atoms with E-state index in [9.17, 15) is 18.7 Å². The summed E-state index contributed by atoms with van der Waals surface area (Å²) >= 11 is 0. The SMILES string of the molecule is [N-]=[N+]=N[C@]1(CO)O[C@@H](n2ccc(N)nc2=O)C(F)(F)C1O. The van der Waals surface area contributed by atoms with Crippen LogP contribution in [0.1, 0.15) is 6.23 Å². The number of aromatic nitrogens is 2. The largest absolute Gasteiger partial charge is 0.393 e. The van der Waals surface area contributed by atoms with Gasteiger partial charge in [0, 0.05) is 11.1 Å². The molecule has 1 saturated heterocycles. The molecule has 1 aliphatic heterocycles. The Morgan fingerprint density at radius 1 is 1.67 bits per heavy atom. The highest BCUT2D eigenvalue weighted by molar-refractivity contribution is 5.24. The van der Waals surface area contributed by atoms with Crippen LogP contribution in [-0.2, 0) is 4.74 Å². The second-order valence-corrected chi connectivity index (χ2v) is 4.28. The minimum absolute atomic E-state index is 0.193. The summed E-state index contributed by atoms with van der Waals surface area (Å²) in [5, 5.41) is 21.6. The number of hydrogen-bond donors (Lipinski definition) is 3. The first-order chi connectivity index (χ1) is 9.78. The Kier molecular flexibility index (Phi) is 3.55. The smallest absolute Gasteiger partial charge is 0.351 e. The highest BCUT2D eigenvalue weighted by atomic mass is 19.3. The molecule has 0 bridgehead atoms. The quantitative estimate of drug-likeness (QED) is 0.382. The number of rotatable bonds is 3. The number of nitrogen functional groups attached to an aromatic ring is 1. The minimum Gasteiger partial charge on any atom is -0.393 e. The zero-order valence-electron chi connectivity index (χ0n) is 10.3. The molecule has 1 aliphatic rings. The van der Waals surface area contributed by atoms with Gasteiger partial charge in [0.1, 0.15) is 5.82 Å². The van der Waals surface area contributed by atoms with Gasteiger partial charge >= 0.3 is 11.6 Å². The fourth-order valence-corrected chi connectivity index (χ4v) is 1.93. The van der Waals surface area contributed by atoms with Gasteiger partial charge in [0.2, 0.25) is 12.0 Å². The third kappa shape index (κ3) is 2.19. The first-order valence-electron chi connectivity index (χ1n) is 5.54. The van der Waals surface area contributed by atoms with Crippen molar-refractivity contribution in [3.8, 4) is 0 Å². The molecule has 0 saturated carbocycles. The monoisotopic (exact) mass is 304 g/mol. The van der Waals surface area contributed by atoms with Gasteiger partial charge in [0.05, 0.1) is 6.61 Å². The van der Waals surface area contributed by atoms with Crippen LogP contribution >= 0.6 is 0 Å². The predicted octanol–water partition coefficient (Wildman–Crippen LogP) is -0.651. The van der Waals surface area contributed by atoms with Crippen molar-refractivity contribution in [1.29, 1.82) is 0 Å². The fourth-order valence-electron chi connectivity index (χ4n) is 1.93. The Hall–Kier alpha value is -2.27. The standard InChI is InChI=1S/C9H10F2N6O4/c10-9(11)5(19)8(3-18,15-16-13)21-6(9)17-2-1-4(12)14-7(17)20/h1-2,5-6,18-19H,3H2,(H2,12,14,20)/t5?,6-,8-/m1/s1. The molecule has 1 unspecified atom stereocenters. The molecule has 12 heteroatoms. The lowest BCUT2D eigenvalue weighted by atomic mass is 10.1. The highest BCUT2D eigenvalue weighted by Crippen LogP contribution is 2.48. The summed E-state index contributed by atoms with van der Waals surface area (Å²) in [6, 6.07) is 1.07. The number of aliphatic hydroxyl groups excluding tert-OH is 2. The Morgan fingerprint density at radius 2 is 2.33 bits per heavy atom. The summed E-state index contributed by atoms with van der Waals surface area (Å²) in [5.74, 6) is -4.21. The Balaban J connectivity index is 2.55. The number of ether oxygens (including phenoxy) is 1. The van der Waals surface area contributed by atoms with Crippen molar-refractivity contribution in [2.75, 3.05) is 12.3 Å². The second kappa shape index (κ2) is 4.93. The van der Waals surface area contributed by atoms with Crippen LogP contribution in [0.4, 0.5) is 14.6 Å². The molecule has 3 atom stereocenters. The van der Waals surface area contributed by atoms with Crippen molar-refractivity contribution < 1.29 is 23.7 Å². The van der Waals surface area contributed by atoms with E-state index in [0.29, 0.717) is 4.57 Å². The van der Waals surface area contributed by atoms with E-state index in [-0.39, 0.29) is 5.82 Å². The number of alkyl halides is 2. The number of hydrogen-bond acceptors (Lipinski definition) is 7. The maximum absolute atomic E-state index is 14.1. The molecule has 1 aromatic heterocycles. The van der Waals surface area contributed by atoms with E-state index >= 15 is 0 Å². The third-order valence-corrected chi connectivity index (χ3v) is 2.98. The molecule has 10 nitrogen and oxygen atoms in total. The molecule has 0 aromatic carbocycles. The van der Waals surface area contributed by atoms with E-state index < -0.39 is 36.3 Å². The second-order valence-electron chi connectivity index (χ2n) is 4.28. The first-order valence-corrected chi connectivity index (χ1v) is 5.54. The van der Waals surface area contributed by atoms with E-state index in [2.05, 4.69) is 15.0 Å². The molecule has 2 rings (SSSR count). The lowest BCUT2D eigenvalue weighted by molar-refractivity contribution is -0.144. The van der Waals surface area contributed by atoms with E-state index in [1.165, 1.54) is 0 Å². The molecule has 4 N–H and O–H groups in total. The molecular weight excluding hydrogens is 294 g/mol. The third-order valence-electron chi connectivity index (χ3n) is 2.98. The highest BCUT2D eigenvalue weighted by Gasteiger charge is 2.67. The molecule has 1 fully saturated rings. The number of halogens is 2. The molecule has 0 amide bonds. The zero-order valence-corrected chi connectivity index (χ0v) is 10.3. The molecule has 1 aromatic rings. The van der Waals surface area contributed by atoms with Gasteiger partial charge in [0.25, 0.3) is 0 Å². The summed E-state index contributed by atoms with van der Waals surface area (Å²) in [5.41, 5.74) is 9.85. The van der Waals surface area contributed by atoms with Crippen molar-refractivity contribution in [2.24, 2.45) is 5.11 Å². The summed E-state index contributed by atoms with van der Waals surface area (Å²) in [6.07, 6.45) is -4.08. The molecule has 0 spiro atoms. The van der Waals surface area contributed by atoms with E-state index in [0.717, 1.165) is 12.3 Å². The molecular formula is C9H10F2N6O4. The average molecular weight is 304 g/mol. The van der Waals surface area contributed by atoms with Gasteiger partial charge in [-0.2, -0.15) is 13.8 Å². The van der Waals surface area contributed by atoms with Crippen LogP contribution in [0.2, 0.25) is 0 Å². The summed E-state index contributed by atoms with van der Waals surface area (Å²) < 4.78 is 33.3. The van der Waals surface area contributed by atoms with Gasteiger partial charge < -0.3 is 20.7 Å². The number of nitrogens with two attached hydrogens (primary N) is 1. The topological polar surface area (TPSA) is 159 Å². The molecule has 2 heterocycles. The maximum atomic E-state index is 14.1. The first kappa shape index (κ1) is 15.1. The van der Waals surface area contributed by atoms with Gasteiger partial charge in [-0.3, -0.25) is 4.57 Å². The van der Waals surface area contributed by atoms with Crippen LogP contribution < -0.4 is 11.4 Å². The van der Waals surface area contributed by atoms with Gasteiger partial charge in [-0.25, -0.2) is 4.79 Å². The normalized spacial score (nSPS) is 30.9. The molecule has 0 radical (unpaired) electrons. The molecule has 0 aliphatic carbocycles. The van der Waals surface area contributed by atoms with Crippen LogP contribution in [0.15, 0.2) is 22.2 Å². The van der Waals surface area contributed by atoms with E-state index in [1.54, 1.807) is 0 Å². The van der Waals surface area contributed by atoms with Crippen LogP contribution in [0, 0.1) is 0 Å². The lowest BCUT2D eigenvalue weighted by Gasteiger charge is -2.23. The fraction of sp³-hybridized carbons (Fsp3) is 0.556. The zero-order chi connectivity index (χ0) is 15.8. The van der Waals surface area contributed by atoms with Crippen molar-refractivity contribution in [2.45, 2.75) is 24.0 Å². The number of anilines is 1. The minimum atomic E-state index is -4.02. The number of azide groups is 1. The van der Waals surface area contributed by atoms with Gasteiger partial charge in [-0.05, 0) is 11.6 Å². The summed E-state index contributed by atoms with van der Waals surface area (Å²) in [7, 11) is 0. The predicted molar refractivity (Wildman–Crippen MR) is 62.9 cm³/mol. The van der Waals surface area contributed by atoms with E-state index in [1.807, 2.05) is 0 Å². The Morgan fingerprint density at radius 3 is 2.86 bits per heavy atom. The van der Waals surface area contributed by atoms with Crippen LogP contribution in [0.5, 0.6) is 0 Å². The van der Waals surface area contributed by atoms with Crippen LogP contribution in [0.3, 0.4) is 0 Å². The van der Waals surface area contributed by atoms with Crippen molar-refractivity contribution >= 4 is 5.82 Å². The maximum Gasteiger partial charge on any atom is 0.351 e. The number of nitrogens with zero attached hydrogens (tertiary/aromatic N) is 5. The molecule has 21 heavy (non-hydrogen) atoms. The van der Waals surface area contributed by atoms with Gasteiger partial charge in [-0.1, -0.05) is 5.11 Å². The Labute approximate surface area is 115 Å². The van der Waals surface area contributed by atoms with Crippen molar-refractivity contribution in [3.05, 3.63) is 33.2 Å². The summed E-state index contributed by atoms with van der Waals surface area (Å²) in [6.45, 7) is -1.21. The van der Waals surface area contributed by atoms with Crippen LogP contribution in [-0.4, -0.2) is 44.1 Å². The Bertz CT molecular complexity index is 660. The molecule has 114 valence electrons. The summed E-state index contributed by atoms with van der Waals surface area (Å²) in [4.78, 5) is 17.1. The average Bonchev–Trinajstić information content (AvgIpc) is 2.61. The van der Waals surface area contributed by atoms with Crippen molar-refractivity contribution in [1.82, 2.24) is 9.55 Å². The van der Waals surface area contributed by atoms with Gasteiger partial charge in [-0.15, -0.1) is 0 Å². The number of aliphatic hydroxyl groups is 2. The van der Waals surface area contributed by atoms with E-state index in [4.69, 9.17) is 21.1 Å². The van der Waals surface area contributed by atoms with Crippen molar-refractivity contribution in [3.63, 3.8) is 0 Å². The van der Waals surface area contributed by atoms with Gasteiger partial charge in [0.15, 0.2) is 6.10 Å². The lowest BCUT2D eigenvalue weighted by Crippen LogP contribution is -2.47. The van der Waals surface area contributed by atoms with Crippen LogP contribution in [0.25, 0.3) is 10.4 Å².